The number of ether oxygens (including phenoxy) is 2. The summed E-state index contributed by atoms with van der Waals surface area (Å²) >= 11 is 0. The molecule has 0 radical (unpaired) electrons. The zero-order valence-corrected chi connectivity index (χ0v) is 19.9. The van der Waals surface area contributed by atoms with E-state index in [0.717, 1.165) is 35.1 Å². The van der Waals surface area contributed by atoms with E-state index in [4.69, 9.17) is 9.47 Å². The molecule has 1 saturated heterocycles. The van der Waals surface area contributed by atoms with Crippen LogP contribution in [0, 0.1) is 0 Å². The van der Waals surface area contributed by atoms with E-state index in [1.54, 1.807) is 0 Å². The highest BCUT2D eigenvalue weighted by molar-refractivity contribution is 5.91. The Bertz CT molecular complexity index is 1030. The number of aliphatic carboxylic acids is 1. The van der Waals surface area contributed by atoms with Crippen LogP contribution in [0.25, 0.3) is 11.1 Å². The Kier molecular flexibility index (Phi) is 7.70. The minimum absolute atomic E-state index is 0.0105. The van der Waals surface area contributed by atoms with E-state index in [-0.39, 0.29) is 32.0 Å². The molecule has 3 N–H and O–H groups in total. The first-order chi connectivity index (χ1) is 16.9. The Labute approximate surface area is 205 Å². The lowest BCUT2D eigenvalue weighted by Gasteiger charge is -2.29. The summed E-state index contributed by atoms with van der Waals surface area (Å²) in [6.07, 6.45) is 1.65. The molecule has 2 aliphatic rings. The molecular formula is C27H32N2O6. The Balaban J connectivity index is 1.42. The van der Waals surface area contributed by atoms with Gasteiger partial charge >= 0.3 is 12.1 Å². The molecule has 0 saturated carbocycles. The number of alkyl carbamates (subject to hydrolysis) is 1. The van der Waals surface area contributed by atoms with Crippen LogP contribution in [0.2, 0.25) is 0 Å². The van der Waals surface area contributed by atoms with Crippen LogP contribution in [0.1, 0.15) is 56.1 Å². The van der Waals surface area contributed by atoms with Gasteiger partial charge in [-0.2, -0.15) is 0 Å². The molecular weight excluding hydrogens is 448 g/mol. The van der Waals surface area contributed by atoms with Gasteiger partial charge in [-0.25, -0.2) is 4.79 Å². The van der Waals surface area contributed by atoms with Crippen LogP contribution in [0.4, 0.5) is 4.79 Å². The fraction of sp³-hybridized carbons (Fsp3) is 0.444. The van der Waals surface area contributed by atoms with Crippen LogP contribution >= 0.6 is 0 Å². The van der Waals surface area contributed by atoms with Crippen LogP contribution in [0.5, 0.6) is 0 Å². The smallest absolute Gasteiger partial charge is 0.408 e. The van der Waals surface area contributed by atoms with Crippen molar-refractivity contribution in [2.75, 3.05) is 19.8 Å². The largest absolute Gasteiger partial charge is 0.481 e. The fourth-order valence-corrected chi connectivity index (χ4v) is 4.94. The number of hydrogen-bond acceptors (Lipinski definition) is 5. The predicted molar refractivity (Wildman–Crippen MR) is 130 cm³/mol. The summed E-state index contributed by atoms with van der Waals surface area (Å²) in [5.74, 6) is -1.51. The SMILES string of the molecule is CCCC[C@@H](CC(=O)O)NC(=O)C1(NC(=O)OCC2c3ccccc3-c3ccccc32)CCOC1. The molecule has 8 nitrogen and oxygen atoms in total. The van der Waals surface area contributed by atoms with Gasteiger partial charge in [-0.05, 0) is 28.7 Å². The summed E-state index contributed by atoms with van der Waals surface area (Å²) in [4.78, 5) is 37.3. The van der Waals surface area contributed by atoms with Crippen LogP contribution in [0.15, 0.2) is 48.5 Å². The average molecular weight is 481 g/mol. The van der Waals surface area contributed by atoms with Gasteiger partial charge in [0.15, 0.2) is 0 Å². The molecule has 35 heavy (non-hydrogen) atoms. The van der Waals surface area contributed by atoms with E-state index in [1.165, 1.54) is 0 Å². The number of carbonyl (C=O) groups excluding carboxylic acids is 2. The zero-order chi connectivity index (χ0) is 24.8. The van der Waals surface area contributed by atoms with E-state index in [9.17, 15) is 19.5 Å². The van der Waals surface area contributed by atoms with Crippen molar-refractivity contribution in [2.24, 2.45) is 0 Å². The summed E-state index contributed by atoms with van der Waals surface area (Å²) in [7, 11) is 0. The molecule has 1 fully saturated rings. The third-order valence-electron chi connectivity index (χ3n) is 6.80. The van der Waals surface area contributed by atoms with Gasteiger partial charge in [0, 0.05) is 25.0 Å². The molecule has 1 heterocycles. The van der Waals surface area contributed by atoms with E-state index >= 15 is 0 Å². The molecule has 4 rings (SSSR count). The van der Waals surface area contributed by atoms with Crippen LogP contribution in [0.3, 0.4) is 0 Å². The van der Waals surface area contributed by atoms with Gasteiger partial charge < -0.3 is 25.2 Å². The Hall–Kier alpha value is -3.39. The zero-order valence-electron chi connectivity index (χ0n) is 19.9. The molecule has 0 bridgehead atoms. The molecule has 1 aliphatic carbocycles. The van der Waals surface area contributed by atoms with Crippen molar-refractivity contribution in [3.8, 4) is 11.1 Å². The van der Waals surface area contributed by atoms with Crippen LogP contribution in [-0.2, 0) is 19.1 Å². The van der Waals surface area contributed by atoms with Gasteiger partial charge in [0.2, 0.25) is 5.91 Å². The number of rotatable bonds is 10. The van der Waals surface area contributed by atoms with Gasteiger partial charge in [-0.3, -0.25) is 9.59 Å². The van der Waals surface area contributed by atoms with Crippen molar-refractivity contribution in [2.45, 2.75) is 56.5 Å². The van der Waals surface area contributed by atoms with Crippen molar-refractivity contribution in [1.82, 2.24) is 10.6 Å². The maximum Gasteiger partial charge on any atom is 0.408 e. The molecule has 2 amide bonds. The quantitative estimate of drug-likeness (QED) is 0.476. The fourth-order valence-electron chi connectivity index (χ4n) is 4.94. The first-order valence-electron chi connectivity index (χ1n) is 12.2. The third-order valence-corrected chi connectivity index (χ3v) is 6.80. The monoisotopic (exact) mass is 480 g/mol. The maximum atomic E-state index is 13.2. The van der Waals surface area contributed by atoms with Gasteiger partial charge in [0.05, 0.1) is 13.0 Å². The second-order valence-corrected chi connectivity index (χ2v) is 9.25. The van der Waals surface area contributed by atoms with Crippen molar-refractivity contribution in [3.05, 3.63) is 59.7 Å². The Morgan fingerprint density at radius 1 is 1.11 bits per heavy atom. The standard InChI is InChI=1S/C27H32N2O6/c1-2-3-8-18(15-24(30)31)28-25(32)27(13-14-34-17-27)29-26(33)35-16-23-21-11-6-4-9-19(21)20-10-5-7-12-22(20)23/h4-7,9-12,18,23H,2-3,8,13-17H2,1H3,(H,28,32)(H,29,33)(H,30,31)/t18-,27?/m0/s1. The van der Waals surface area contributed by atoms with Crippen molar-refractivity contribution in [3.63, 3.8) is 0 Å². The summed E-state index contributed by atoms with van der Waals surface area (Å²) < 4.78 is 11.1. The van der Waals surface area contributed by atoms with Gasteiger partial charge in [-0.15, -0.1) is 0 Å². The van der Waals surface area contributed by atoms with E-state index in [2.05, 4.69) is 22.8 Å². The van der Waals surface area contributed by atoms with Gasteiger partial charge in [-0.1, -0.05) is 68.3 Å². The third kappa shape index (κ3) is 5.48. The molecule has 2 atom stereocenters. The molecule has 2 aromatic rings. The van der Waals surface area contributed by atoms with Crippen molar-refractivity contribution in [1.29, 1.82) is 0 Å². The summed E-state index contributed by atoms with van der Waals surface area (Å²) in [6, 6.07) is 15.6. The Morgan fingerprint density at radius 2 is 1.77 bits per heavy atom. The molecule has 0 spiro atoms. The first kappa shape index (κ1) is 24.7. The normalized spacial score (nSPS) is 19.5. The second-order valence-electron chi connectivity index (χ2n) is 9.25. The maximum absolute atomic E-state index is 13.2. The van der Waals surface area contributed by atoms with Gasteiger partial charge in [0.25, 0.3) is 0 Å². The molecule has 186 valence electrons. The van der Waals surface area contributed by atoms with E-state index < -0.39 is 29.6 Å². The second kappa shape index (κ2) is 10.9. The van der Waals surface area contributed by atoms with Crippen molar-refractivity contribution < 1.29 is 29.0 Å². The summed E-state index contributed by atoms with van der Waals surface area (Å²) in [5, 5.41) is 14.8. The van der Waals surface area contributed by atoms with Crippen molar-refractivity contribution >= 4 is 18.0 Å². The number of carbonyl (C=O) groups is 3. The number of unbranched alkanes of at least 4 members (excludes halogenated alkanes) is 1. The minimum Gasteiger partial charge on any atom is -0.481 e. The van der Waals surface area contributed by atoms with Gasteiger partial charge in [0.1, 0.15) is 12.1 Å². The lowest BCUT2D eigenvalue weighted by molar-refractivity contribution is -0.138. The number of carboxylic acids is 1. The molecule has 1 unspecified atom stereocenters. The number of carboxylic acid groups (broad SMARTS) is 1. The predicted octanol–water partition coefficient (Wildman–Crippen LogP) is 3.83. The van der Waals surface area contributed by atoms with Crippen LogP contribution in [-0.4, -0.2) is 54.5 Å². The number of amides is 2. The van der Waals surface area contributed by atoms with Crippen LogP contribution < -0.4 is 10.6 Å². The number of nitrogens with one attached hydrogen (secondary N) is 2. The number of fused-ring (bicyclic) bond motifs is 3. The van der Waals surface area contributed by atoms with E-state index in [0.29, 0.717) is 13.0 Å². The highest BCUT2D eigenvalue weighted by Gasteiger charge is 2.45. The van der Waals surface area contributed by atoms with E-state index in [1.807, 2.05) is 43.3 Å². The molecule has 1 aliphatic heterocycles. The summed E-state index contributed by atoms with van der Waals surface area (Å²) in [5.41, 5.74) is 3.18. The average Bonchev–Trinajstić information content (AvgIpc) is 3.44. The summed E-state index contributed by atoms with van der Waals surface area (Å²) in [6.45, 7) is 2.47. The highest BCUT2D eigenvalue weighted by Crippen LogP contribution is 2.44. The molecule has 0 aromatic heterocycles. The highest BCUT2D eigenvalue weighted by atomic mass is 16.6. The minimum atomic E-state index is -1.29. The lowest BCUT2D eigenvalue weighted by atomic mass is 9.96. The lowest BCUT2D eigenvalue weighted by Crippen LogP contribution is -2.61. The molecule has 8 heteroatoms. The molecule has 2 aromatic carbocycles. The topological polar surface area (TPSA) is 114 Å². The number of benzene rings is 2. The number of hydrogen-bond donors (Lipinski definition) is 3. The first-order valence-corrected chi connectivity index (χ1v) is 12.2. The Morgan fingerprint density at radius 3 is 2.34 bits per heavy atom.